The third kappa shape index (κ3) is 6.33. The van der Waals surface area contributed by atoms with Crippen LogP contribution in [0.25, 0.3) is 0 Å². The smallest absolute Gasteiger partial charge is 0.257 e. The minimum absolute atomic E-state index is 0.148. The fourth-order valence-corrected chi connectivity index (χ4v) is 2.80. The Labute approximate surface area is 158 Å². The van der Waals surface area contributed by atoms with Crippen molar-refractivity contribution < 1.29 is 17.9 Å². The molecule has 0 atom stereocenters. The third-order valence-corrected chi connectivity index (χ3v) is 4.56. The molecule has 0 aromatic heterocycles. The van der Waals surface area contributed by atoms with Crippen molar-refractivity contribution in [1.29, 1.82) is 0 Å². The molecule has 0 saturated heterocycles. The van der Waals surface area contributed by atoms with Crippen molar-refractivity contribution in [2.45, 2.75) is 6.61 Å². The second kappa shape index (κ2) is 9.02. The Balaban J connectivity index is 2.02. The molecule has 0 heterocycles. The summed E-state index contributed by atoms with van der Waals surface area (Å²) in [6.45, 7) is 0.701. The van der Waals surface area contributed by atoms with Crippen LogP contribution in [0, 0.1) is 0 Å². The Bertz CT molecular complexity index is 854. The second-order valence-corrected chi connectivity index (χ2v) is 8.07. The Morgan fingerprint density at radius 1 is 1.15 bits per heavy atom. The molecule has 2 rings (SSSR count). The molecule has 0 unspecified atom stereocenters. The zero-order valence-electron chi connectivity index (χ0n) is 14.6. The van der Waals surface area contributed by atoms with Crippen LogP contribution in [0.2, 0.25) is 5.02 Å². The second-order valence-electron chi connectivity index (χ2n) is 5.80. The minimum atomic E-state index is -3.28. The highest BCUT2D eigenvalue weighted by atomic mass is 35.5. The summed E-state index contributed by atoms with van der Waals surface area (Å²) >= 11 is 5.87. The predicted molar refractivity (Wildman–Crippen MR) is 102 cm³/mol. The van der Waals surface area contributed by atoms with E-state index in [0.717, 1.165) is 11.8 Å². The zero-order chi connectivity index (χ0) is 19.2. The molecule has 0 bridgehead atoms. The Morgan fingerprint density at radius 3 is 2.46 bits per heavy atom. The quantitative estimate of drug-likeness (QED) is 0.744. The molecule has 140 valence electrons. The molecule has 0 spiro atoms. The highest BCUT2D eigenvalue weighted by Gasteiger charge is 2.16. The number of nitrogens with zero attached hydrogens (tertiary/aromatic N) is 1. The van der Waals surface area contributed by atoms with E-state index in [-0.39, 0.29) is 19.0 Å². The van der Waals surface area contributed by atoms with Crippen LogP contribution in [-0.2, 0) is 16.6 Å². The van der Waals surface area contributed by atoms with Crippen molar-refractivity contribution in [3.8, 4) is 5.75 Å². The number of hydrogen-bond acceptors (Lipinski definition) is 4. The first-order valence-electron chi connectivity index (χ1n) is 7.92. The number of carbonyl (C=O) groups is 1. The number of nitrogens with one attached hydrogen (secondary N) is 1. The number of rotatable bonds is 8. The number of sulfonamides is 1. The van der Waals surface area contributed by atoms with Gasteiger partial charge in [0.25, 0.3) is 5.91 Å². The van der Waals surface area contributed by atoms with Crippen LogP contribution >= 0.6 is 11.6 Å². The molecule has 1 N–H and O–H groups in total. The van der Waals surface area contributed by atoms with Crippen molar-refractivity contribution in [1.82, 2.24) is 9.62 Å². The van der Waals surface area contributed by atoms with Gasteiger partial charge in [-0.25, -0.2) is 13.1 Å². The summed E-state index contributed by atoms with van der Waals surface area (Å²) in [4.78, 5) is 14.1. The third-order valence-electron chi connectivity index (χ3n) is 3.58. The van der Waals surface area contributed by atoms with Gasteiger partial charge in [0, 0.05) is 25.2 Å². The Hall–Kier alpha value is -2.09. The summed E-state index contributed by atoms with van der Waals surface area (Å²) in [7, 11) is -1.67. The summed E-state index contributed by atoms with van der Waals surface area (Å²) in [6.07, 6.45) is 1.08. The van der Waals surface area contributed by atoms with Crippen LogP contribution in [0.15, 0.2) is 48.5 Å². The van der Waals surface area contributed by atoms with Crippen molar-refractivity contribution in [2.24, 2.45) is 0 Å². The van der Waals surface area contributed by atoms with Gasteiger partial charge < -0.3 is 9.64 Å². The summed E-state index contributed by atoms with van der Waals surface area (Å²) < 4.78 is 30.4. The first kappa shape index (κ1) is 20.2. The van der Waals surface area contributed by atoms with Crippen LogP contribution in [0.1, 0.15) is 15.9 Å². The Morgan fingerprint density at radius 2 is 1.81 bits per heavy atom. The zero-order valence-corrected chi connectivity index (χ0v) is 16.2. The lowest BCUT2D eigenvalue weighted by molar-refractivity contribution is 0.0793. The van der Waals surface area contributed by atoms with Crippen LogP contribution in [0.3, 0.4) is 0 Å². The van der Waals surface area contributed by atoms with E-state index in [1.165, 1.54) is 4.90 Å². The van der Waals surface area contributed by atoms with E-state index in [9.17, 15) is 13.2 Å². The minimum Gasteiger partial charge on any atom is -0.488 e. The molecule has 0 fully saturated rings. The van der Waals surface area contributed by atoms with E-state index >= 15 is 0 Å². The van der Waals surface area contributed by atoms with Crippen LogP contribution in [0.5, 0.6) is 5.75 Å². The number of amides is 1. The van der Waals surface area contributed by atoms with E-state index in [0.29, 0.717) is 22.9 Å². The maximum Gasteiger partial charge on any atom is 0.257 e. The highest BCUT2D eigenvalue weighted by Crippen LogP contribution is 2.21. The summed E-state index contributed by atoms with van der Waals surface area (Å²) in [5.41, 5.74) is 1.35. The molecule has 0 aliphatic rings. The van der Waals surface area contributed by atoms with Crippen molar-refractivity contribution in [3.05, 3.63) is 64.7 Å². The SMILES string of the molecule is CN(CCNS(C)(=O)=O)C(=O)c1ccccc1OCc1ccc(Cl)cc1. The highest BCUT2D eigenvalue weighted by molar-refractivity contribution is 7.88. The van der Waals surface area contributed by atoms with Crippen molar-refractivity contribution in [3.63, 3.8) is 0 Å². The normalized spacial score (nSPS) is 11.2. The van der Waals surface area contributed by atoms with E-state index in [1.807, 2.05) is 12.1 Å². The van der Waals surface area contributed by atoms with Crippen molar-refractivity contribution in [2.75, 3.05) is 26.4 Å². The van der Waals surface area contributed by atoms with Gasteiger partial charge in [-0.15, -0.1) is 0 Å². The van der Waals surface area contributed by atoms with E-state index in [1.54, 1.807) is 43.4 Å². The van der Waals surface area contributed by atoms with E-state index in [2.05, 4.69) is 4.72 Å². The first-order valence-corrected chi connectivity index (χ1v) is 10.2. The van der Waals surface area contributed by atoms with E-state index in [4.69, 9.17) is 16.3 Å². The lowest BCUT2D eigenvalue weighted by atomic mass is 10.1. The molecule has 2 aromatic carbocycles. The maximum atomic E-state index is 12.6. The molecular weight excluding hydrogens is 376 g/mol. The largest absolute Gasteiger partial charge is 0.488 e. The Kier molecular flexibility index (Phi) is 7.02. The number of ether oxygens (including phenoxy) is 1. The topological polar surface area (TPSA) is 75.7 Å². The first-order chi connectivity index (χ1) is 12.3. The van der Waals surface area contributed by atoms with Gasteiger partial charge in [0.05, 0.1) is 11.8 Å². The lowest BCUT2D eigenvalue weighted by Crippen LogP contribution is -2.35. The number of para-hydroxylation sites is 1. The number of benzene rings is 2. The molecular formula is C18H21ClN2O4S. The summed E-state index contributed by atoms with van der Waals surface area (Å²) in [5, 5.41) is 0.647. The molecule has 0 radical (unpaired) electrons. The molecule has 1 amide bonds. The van der Waals surface area contributed by atoms with Gasteiger partial charge in [-0.3, -0.25) is 4.79 Å². The molecule has 6 nitrogen and oxygen atoms in total. The van der Waals surface area contributed by atoms with Crippen LogP contribution < -0.4 is 9.46 Å². The average Bonchev–Trinajstić information content (AvgIpc) is 2.59. The predicted octanol–water partition coefficient (Wildman–Crippen LogP) is 2.54. The summed E-state index contributed by atoms with van der Waals surface area (Å²) in [6, 6.07) is 14.2. The van der Waals surface area contributed by atoms with Gasteiger partial charge in [0.15, 0.2) is 0 Å². The van der Waals surface area contributed by atoms with Gasteiger partial charge in [-0.05, 0) is 29.8 Å². The average molecular weight is 397 g/mol. The fourth-order valence-electron chi connectivity index (χ4n) is 2.22. The van der Waals surface area contributed by atoms with E-state index < -0.39 is 10.0 Å². The molecule has 8 heteroatoms. The van der Waals surface area contributed by atoms with Gasteiger partial charge >= 0.3 is 0 Å². The number of hydrogen-bond donors (Lipinski definition) is 1. The van der Waals surface area contributed by atoms with Crippen molar-refractivity contribution >= 4 is 27.5 Å². The van der Waals surface area contributed by atoms with Crippen LogP contribution in [-0.4, -0.2) is 45.6 Å². The fraction of sp³-hybridized carbons (Fsp3) is 0.278. The molecule has 26 heavy (non-hydrogen) atoms. The lowest BCUT2D eigenvalue weighted by Gasteiger charge is -2.19. The maximum absolute atomic E-state index is 12.6. The monoisotopic (exact) mass is 396 g/mol. The molecule has 0 aliphatic carbocycles. The van der Waals surface area contributed by atoms with Gasteiger partial charge in [0.2, 0.25) is 10.0 Å². The number of carbonyl (C=O) groups excluding carboxylic acids is 1. The van der Waals surface area contributed by atoms with Gasteiger partial charge in [0.1, 0.15) is 12.4 Å². The standard InChI is InChI=1S/C18H21ClN2O4S/c1-21(12-11-20-26(2,23)24)18(22)16-5-3-4-6-17(16)25-13-14-7-9-15(19)10-8-14/h3-10,20H,11-13H2,1-2H3. The molecule has 0 aliphatic heterocycles. The number of halogens is 1. The molecule has 2 aromatic rings. The van der Waals surface area contributed by atoms with Gasteiger partial charge in [-0.1, -0.05) is 35.9 Å². The van der Waals surface area contributed by atoms with Gasteiger partial charge in [-0.2, -0.15) is 0 Å². The summed E-state index contributed by atoms with van der Waals surface area (Å²) in [5.74, 6) is 0.224. The number of likely N-dealkylation sites (N-methyl/N-ethyl adjacent to an activating group) is 1. The molecule has 0 saturated carbocycles. The van der Waals surface area contributed by atoms with Crippen LogP contribution in [0.4, 0.5) is 0 Å².